The normalized spacial score (nSPS) is 14.1. The van der Waals surface area contributed by atoms with E-state index < -0.39 is 5.97 Å². The highest BCUT2D eigenvalue weighted by Crippen LogP contribution is 2.32. The zero-order valence-electron chi connectivity index (χ0n) is 20.7. The number of nitrogens with one attached hydrogen (secondary N) is 1. The van der Waals surface area contributed by atoms with Gasteiger partial charge in [-0.3, -0.25) is 4.79 Å². The first-order valence-corrected chi connectivity index (χ1v) is 11.7. The Labute approximate surface area is 205 Å². The lowest BCUT2D eigenvalue weighted by Gasteiger charge is -2.13. The van der Waals surface area contributed by atoms with Crippen molar-refractivity contribution in [2.45, 2.75) is 52.9 Å². The predicted octanol–water partition coefficient (Wildman–Crippen LogP) is 5.72. The van der Waals surface area contributed by atoms with Gasteiger partial charge in [0.25, 0.3) is 5.91 Å². The molecular formula is C28H30N2O5. The summed E-state index contributed by atoms with van der Waals surface area (Å²) < 4.78 is 16.9. The van der Waals surface area contributed by atoms with Crippen LogP contribution in [0.4, 0.5) is 0 Å². The van der Waals surface area contributed by atoms with Crippen molar-refractivity contribution in [1.29, 1.82) is 0 Å². The molecule has 0 saturated carbocycles. The summed E-state index contributed by atoms with van der Waals surface area (Å²) in [5.74, 6) is 1.41. The molecule has 1 N–H and O–H groups in total. The Balaban J connectivity index is 1.57. The maximum Gasteiger partial charge on any atom is 0.379 e. The van der Waals surface area contributed by atoms with Crippen LogP contribution in [0, 0.1) is 13.8 Å². The van der Waals surface area contributed by atoms with Gasteiger partial charge in [0.05, 0.1) is 12.8 Å². The third kappa shape index (κ3) is 5.14. The van der Waals surface area contributed by atoms with Crippen LogP contribution in [-0.4, -0.2) is 24.7 Å². The molecule has 0 atom stereocenters. The van der Waals surface area contributed by atoms with E-state index in [-0.39, 0.29) is 17.6 Å². The minimum Gasteiger partial charge on any atom is -0.497 e. The first-order chi connectivity index (χ1) is 16.8. The lowest BCUT2D eigenvalue weighted by atomic mass is 9.93. The molecule has 1 aliphatic rings. The van der Waals surface area contributed by atoms with E-state index in [2.05, 4.69) is 24.4 Å². The van der Waals surface area contributed by atoms with Gasteiger partial charge in [-0.2, -0.15) is 5.10 Å². The number of methoxy groups -OCH3 is 1. The summed E-state index contributed by atoms with van der Waals surface area (Å²) in [6.07, 6.45) is 2.16. The molecule has 0 saturated heterocycles. The number of hydrogen-bond acceptors (Lipinski definition) is 6. The molecule has 182 valence electrons. The summed E-state index contributed by atoms with van der Waals surface area (Å²) in [6, 6.07) is 12.6. The van der Waals surface area contributed by atoms with Crippen LogP contribution in [0.25, 0.3) is 0 Å². The Morgan fingerprint density at radius 1 is 1.06 bits per heavy atom. The number of ether oxygens (including phenoxy) is 2. The van der Waals surface area contributed by atoms with E-state index in [1.54, 1.807) is 31.4 Å². The van der Waals surface area contributed by atoms with Crippen molar-refractivity contribution < 1.29 is 23.5 Å². The predicted molar refractivity (Wildman–Crippen MR) is 134 cm³/mol. The van der Waals surface area contributed by atoms with E-state index in [9.17, 15) is 9.59 Å². The van der Waals surface area contributed by atoms with Gasteiger partial charge in [0.1, 0.15) is 17.3 Å². The standard InChI is InChI=1S/C28H30N2O5/c1-16(2)21-14-9-17(3)15-24(21)35-28(32)26-18(4)25-22(7-6-8-23(25)34-26)29-30-27(31)19-10-12-20(33-5)13-11-19/h9-16H,6-8H2,1-5H3,(H,30,31)/b29-22+. The molecule has 2 aromatic carbocycles. The highest BCUT2D eigenvalue weighted by molar-refractivity contribution is 6.06. The second kappa shape index (κ2) is 10.2. The maximum absolute atomic E-state index is 13.1. The fraction of sp³-hybridized carbons (Fsp3) is 0.321. The smallest absolute Gasteiger partial charge is 0.379 e. The summed E-state index contributed by atoms with van der Waals surface area (Å²) in [5, 5.41) is 4.38. The Bertz CT molecular complexity index is 1290. The summed E-state index contributed by atoms with van der Waals surface area (Å²) in [7, 11) is 1.57. The third-order valence-electron chi connectivity index (χ3n) is 6.15. The van der Waals surface area contributed by atoms with Gasteiger partial charge in [-0.1, -0.05) is 26.0 Å². The molecule has 7 nitrogen and oxygen atoms in total. The van der Waals surface area contributed by atoms with Gasteiger partial charge in [0.15, 0.2) is 0 Å². The van der Waals surface area contributed by atoms with Crippen molar-refractivity contribution in [3.8, 4) is 11.5 Å². The lowest BCUT2D eigenvalue weighted by Crippen LogP contribution is -2.22. The number of nitrogens with zero attached hydrogens (tertiary/aromatic N) is 1. The third-order valence-corrected chi connectivity index (χ3v) is 6.15. The van der Waals surface area contributed by atoms with Crippen molar-refractivity contribution in [3.63, 3.8) is 0 Å². The van der Waals surface area contributed by atoms with Gasteiger partial charge >= 0.3 is 5.97 Å². The molecule has 0 fully saturated rings. The fourth-order valence-electron chi connectivity index (χ4n) is 4.25. The van der Waals surface area contributed by atoms with Gasteiger partial charge < -0.3 is 13.9 Å². The van der Waals surface area contributed by atoms with E-state index in [4.69, 9.17) is 13.9 Å². The fourth-order valence-corrected chi connectivity index (χ4v) is 4.25. The van der Waals surface area contributed by atoms with E-state index in [0.717, 1.165) is 23.1 Å². The molecule has 1 amide bonds. The second-order valence-corrected chi connectivity index (χ2v) is 9.02. The number of benzene rings is 2. The van der Waals surface area contributed by atoms with Gasteiger partial charge in [-0.25, -0.2) is 10.2 Å². The lowest BCUT2D eigenvalue weighted by molar-refractivity contribution is 0.0696. The maximum atomic E-state index is 13.1. The average molecular weight is 475 g/mol. The monoisotopic (exact) mass is 474 g/mol. The summed E-state index contributed by atoms with van der Waals surface area (Å²) >= 11 is 0. The molecule has 0 unspecified atom stereocenters. The number of aryl methyl sites for hydroxylation is 2. The minimum absolute atomic E-state index is 0.169. The SMILES string of the molecule is COc1ccc(C(=O)N/N=C2\CCCc3oc(C(=O)Oc4cc(C)ccc4C(C)C)c(C)c32)cc1. The molecule has 7 heteroatoms. The van der Waals surface area contributed by atoms with Crippen molar-refractivity contribution in [2.75, 3.05) is 7.11 Å². The van der Waals surface area contributed by atoms with E-state index >= 15 is 0 Å². The molecule has 1 aliphatic carbocycles. The second-order valence-electron chi connectivity index (χ2n) is 9.02. The zero-order valence-corrected chi connectivity index (χ0v) is 20.7. The summed E-state index contributed by atoms with van der Waals surface area (Å²) in [5.41, 5.74) is 7.19. The Morgan fingerprint density at radius 2 is 1.80 bits per heavy atom. The number of esters is 1. The van der Waals surface area contributed by atoms with Crippen molar-refractivity contribution in [3.05, 3.63) is 81.8 Å². The van der Waals surface area contributed by atoms with Crippen LogP contribution < -0.4 is 14.9 Å². The Hall–Kier alpha value is -3.87. The summed E-state index contributed by atoms with van der Waals surface area (Å²) in [4.78, 5) is 25.7. The number of rotatable bonds is 6. The molecule has 0 bridgehead atoms. The number of carbonyl (C=O) groups excluding carboxylic acids is 2. The van der Waals surface area contributed by atoms with Crippen molar-refractivity contribution >= 4 is 17.6 Å². The highest BCUT2D eigenvalue weighted by atomic mass is 16.5. The number of fused-ring (bicyclic) bond motifs is 1. The van der Waals surface area contributed by atoms with Crippen LogP contribution in [0.2, 0.25) is 0 Å². The number of amides is 1. The summed E-state index contributed by atoms with van der Waals surface area (Å²) in [6.45, 7) is 7.90. The van der Waals surface area contributed by atoms with Gasteiger partial charge in [-0.15, -0.1) is 0 Å². The average Bonchev–Trinajstić information content (AvgIpc) is 3.19. The van der Waals surface area contributed by atoms with Crippen LogP contribution in [0.1, 0.15) is 81.5 Å². The molecular weight excluding hydrogens is 444 g/mol. The van der Waals surface area contributed by atoms with Crippen molar-refractivity contribution in [2.24, 2.45) is 5.10 Å². The quantitative estimate of drug-likeness (QED) is 0.280. The first-order valence-electron chi connectivity index (χ1n) is 11.7. The molecule has 4 rings (SSSR count). The molecule has 1 aromatic heterocycles. The van der Waals surface area contributed by atoms with Gasteiger partial charge in [0, 0.05) is 23.1 Å². The van der Waals surface area contributed by atoms with E-state index in [1.165, 1.54) is 0 Å². The van der Waals surface area contributed by atoms with Crippen LogP contribution in [0.15, 0.2) is 52.0 Å². The number of furan rings is 1. The van der Waals surface area contributed by atoms with Crippen LogP contribution in [0.5, 0.6) is 11.5 Å². The Kier molecular flexibility index (Phi) is 7.05. The highest BCUT2D eigenvalue weighted by Gasteiger charge is 2.29. The van der Waals surface area contributed by atoms with Crippen LogP contribution in [0.3, 0.4) is 0 Å². The molecule has 0 spiro atoms. The number of hydrogen-bond donors (Lipinski definition) is 1. The van der Waals surface area contributed by atoms with Crippen LogP contribution in [-0.2, 0) is 6.42 Å². The Morgan fingerprint density at radius 3 is 2.49 bits per heavy atom. The first kappa shape index (κ1) is 24.3. The molecule has 35 heavy (non-hydrogen) atoms. The molecule has 1 heterocycles. The minimum atomic E-state index is -0.536. The van der Waals surface area contributed by atoms with Gasteiger partial charge in [0.2, 0.25) is 5.76 Å². The van der Waals surface area contributed by atoms with E-state index in [0.29, 0.717) is 46.9 Å². The van der Waals surface area contributed by atoms with Crippen LogP contribution >= 0.6 is 0 Å². The van der Waals surface area contributed by atoms with E-state index in [1.807, 2.05) is 32.0 Å². The topological polar surface area (TPSA) is 90.1 Å². The number of carbonyl (C=O) groups is 2. The molecule has 3 aromatic rings. The number of hydrazone groups is 1. The zero-order chi connectivity index (χ0) is 25.1. The van der Waals surface area contributed by atoms with Crippen molar-refractivity contribution in [1.82, 2.24) is 5.43 Å². The largest absolute Gasteiger partial charge is 0.497 e. The molecule has 0 aliphatic heterocycles. The van der Waals surface area contributed by atoms with Gasteiger partial charge in [-0.05, 0) is 74.1 Å². The molecule has 0 radical (unpaired) electrons.